The minimum Gasteiger partial charge on any atom is -0.322 e. The summed E-state index contributed by atoms with van der Waals surface area (Å²) in [7, 11) is 0. The van der Waals surface area contributed by atoms with Gasteiger partial charge in [0.05, 0.1) is 11.2 Å². The number of hydrogen-bond acceptors (Lipinski definition) is 6. The predicted molar refractivity (Wildman–Crippen MR) is 192 cm³/mol. The van der Waals surface area contributed by atoms with Crippen molar-refractivity contribution in [2.75, 3.05) is 5.43 Å². The Morgan fingerprint density at radius 1 is 0.417 bits per heavy atom. The Bertz CT molecular complexity index is 2370. The first-order chi connectivity index (χ1) is 23.8. The largest absolute Gasteiger partial charge is 0.322 e. The third-order valence-electron chi connectivity index (χ3n) is 7.99. The maximum atomic E-state index is 4.91. The number of hydrogen-bond donors (Lipinski definition) is 2. The summed E-state index contributed by atoms with van der Waals surface area (Å²) in [6, 6.07) is 54.5. The van der Waals surface area contributed by atoms with Crippen molar-refractivity contribution in [3.63, 3.8) is 0 Å². The van der Waals surface area contributed by atoms with Crippen LogP contribution in [0.1, 0.15) is 0 Å². The first kappa shape index (κ1) is 28.7. The maximum absolute atomic E-state index is 4.91. The van der Waals surface area contributed by atoms with Crippen molar-refractivity contribution >= 4 is 16.6 Å². The average Bonchev–Trinajstić information content (AvgIpc) is 3.18. The first-order valence-electron chi connectivity index (χ1n) is 15.7. The molecule has 0 amide bonds. The summed E-state index contributed by atoms with van der Waals surface area (Å²) in [6.45, 7) is 0. The summed E-state index contributed by atoms with van der Waals surface area (Å²) in [5.41, 5.74) is 11.5. The molecule has 0 fully saturated rings. The van der Waals surface area contributed by atoms with E-state index < -0.39 is 0 Å². The van der Waals surface area contributed by atoms with Crippen LogP contribution in [0, 0.1) is 0 Å². The molecule has 0 aliphatic heterocycles. The van der Waals surface area contributed by atoms with Gasteiger partial charge < -0.3 is 4.98 Å². The Kier molecular flexibility index (Phi) is 7.74. The molecule has 228 valence electrons. The smallest absolute Gasteiger partial charge is 0.164 e. The SMILES string of the molecule is c1ccc(-c2nc(-c3ccccc3)nc(-c3cccc(-c4cccc(N/N=c5\[nH]c(-c6ccccc6)nc6ccccc56)c4)c3)n2)cc1. The minimum absolute atomic E-state index is 0.614. The van der Waals surface area contributed by atoms with Crippen LogP contribution in [-0.4, -0.2) is 24.9 Å². The lowest BCUT2D eigenvalue weighted by molar-refractivity contribution is 1.07. The minimum atomic E-state index is 0.614. The molecule has 0 saturated carbocycles. The molecule has 0 bridgehead atoms. The van der Waals surface area contributed by atoms with E-state index in [2.05, 4.69) is 34.7 Å². The second-order valence-electron chi connectivity index (χ2n) is 11.2. The van der Waals surface area contributed by atoms with Gasteiger partial charge in [0.15, 0.2) is 23.0 Å². The lowest BCUT2D eigenvalue weighted by Gasteiger charge is -2.10. The third-order valence-corrected chi connectivity index (χ3v) is 7.99. The summed E-state index contributed by atoms with van der Waals surface area (Å²) in [5, 5.41) is 5.72. The number of rotatable bonds is 7. The third kappa shape index (κ3) is 6.08. The number of H-pyrrole nitrogens is 1. The number of nitrogens with one attached hydrogen (secondary N) is 2. The number of para-hydroxylation sites is 1. The van der Waals surface area contributed by atoms with Gasteiger partial charge in [0, 0.05) is 27.6 Å². The van der Waals surface area contributed by atoms with Crippen LogP contribution in [0.5, 0.6) is 0 Å². The molecule has 2 N–H and O–H groups in total. The van der Waals surface area contributed by atoms with Crippen LogP contribution in [0.25, 0.3) is 67.6 Å². The van der Waals surface area contributed by atoms with Gasteiger partial charge in [-0.3, -0.25) is 5.43 Å². The fourth-order valence-corrected chi connectivity index (χ4v) is 5.58. The molecule has 48 heavy (non-hydrogen) atoms. The van der Waals surface area contributed by atoms with Crippen LogP contribution in [0.4, 0.5) is 5.69 Å². The number of benzene rings is 6. The molecule has 0 saturated heterocycles. The van der Waals surface area contributed by atoms with Crippen molar-refractivity contribution in [3.8, 4) is 56.7 Å². The van der Waals surface area contributed by atoms with Crippen LogP contribution < -0.4 is 10.9 Å². The molecule has 0 radical (unpaired) electrons. The zero-order chi connectivity index (χ0) is 32.1. The molecule has 0 aliphatic carbocycles. The van der Waals surface area contributed by atoms with Crippen molar-refractivity contribution in [1.29, 1.82) is 0 Å². The monoisotopic (exact) mass is 619 g/mol. The van der Waals surface area contributed by atoms with Gasteiger partial charge in [0.1, 0.15) is 5.82 Å². The Morgan fingerprint density at radius 2 is 0.917 bits per heavy atom. The molecule has 0 spiro atoms. The summed E-state index contributed by atoms with van der Waals surface area (Å²) >= 11 is 0. The second-order valence-corrected chi connectivity index (χ2v) is 11.2. The first-order valence-corrected chi connectivity index (χ1v) is 15.7. The quantitative estimate of drug-likeness (QED) is 0.174. The Morgan fingerprint density at radius 3 is 1.58 bits per heavy atom. The molecular formula is C41H29N7. The van der Waals surface area contributed by atoms with Gasteiger partial charge in [-0.25, -0.2) is 19.9 Å². The Hall–Kier alpha value is -6.73. The van der Waals surface area contributed by atoms with Crippen molar-refractivity contribution in [2.24, 2.45) is 5.10 Å². The van der Waals surface area contributed by atoms with Gasteiger partial charge in [0.2, 0.25) is 0 Å². The van der Waals surface area contributed by atoms with Gasteiger partial charge >= 0.3 is 0 Å². The number of aromatic nitrogens is 5. The van der Waals surface area contributed by atoms with Crippen LogP contribution in [0.2, 0.25) is 0 Å². The van der Waals surface area contributed by atoms with Gasteiger partial charge in [0.25, 0.3) is 0 Å². The fourth-order valence-electron chi connectivity index (χ4n) is 5.58. The number of aromatic amines is 1. The topological polar surface area (TPSA) is 91.7 Å². The van der Waals surface area contributed by atoms with E-state index in [0.29, 0.717) is 23.0 Å². The summed E-state index contributed by atoms with van der Waals surface area (Å²) in [4.78, 5) is 22.9. The van der Waals surface area contributed by atoms with Crippen LogP contribution in [0.15, 0.2) is 169 Å². The van der Waals surface area contributed by atoms with Crippen LogP contribution >= 0.6 is 0 Å². The number of nitrogens with zero attached hydrogens (tertiary/aromatic N) is 5. The molecule has 2 heterocycles. The highest BCUT2D eigenvalue weighted by Crippen LogP contribution is 2.29. The standard InChI is InChI=1S/C41H29N7/c1-4-14-28(15-5-1)37-42-36-25-11-10-24-35(36)41(46-37)48-47-34-23-13-21-32(27-34)31-20-12-22-33(26-31)40-44-38(29-16-6-2-7-17-29)43-39(45-40)30-18-8-3-9-19-30/h1-27,47H,(H,42,46,48). The molecule has 6 aromatic carbocycles. The van der Waals surface area contributed by atoms with E-state index in [9.17, 15) is 0 Å². The lowest BCUT2D eigenvalue weighted by Crippen LogP contribution is -2.14. The molecule has 8 aromatic rings. The Balaban J connectivity index is 1.14. The van der Waals surface area contributed by atoms with Gasteiger partial charge in [-0.05, 0) is 41.5 Å². The zero-order valence-corrected chi connectivity index (χ0v) is 25.8. The molecule has 7 nitrogen and oxygen atoms in total. The van der Waals surface area contributed by atoms with Crippen LogP contribution in [-0.2, 0) is 0 Å². The van der Waals surface area contributed by atoms with Crippen molar-refractivity contribution in [1.82, 2.24) is 24.9 Å². The summed E-state index contributed by atoms with van der Waals surface area (Å²) in [6.07, 6.45) is 0. The molecule has 0 atom stereocenters. The van der Waals surface area contributed by atoms with Crippen molar-refractivity contribution in [2.45, 2.75) is 0 Å². The van der Waals surface area contributed by atoms with E-state index in [1.807, 2.05) is 140 Å². The Labute approximate surface area is 277 Å². The van der Waals surface area contributed by atoms with Crippen molar-refractivity contribution in [3.05, 3.63) is 169 Å². The summed E-state index contributed by atoms with van der Waals surface area (Å²) in [5.74, 6) is 2.63. The average molecular weight is 620 g/mol. The van der Waals surface area contributed by atoms with E-state index in [1.54, 1.807) is 0 Å². The normalized spacial score (nSPS) is 11.5. The fraction of sp³-hybridized carbons (Fsp3) is 0. The van der Waals surface area contributed by atoms with E-state index in [-0.39, 0.29) is 0 Å². The van der Waals surface area contributed by atoms with E-state index in [4.69, 9.17) is 25.0 Å². The number of anilines is 1. The predicted octanol–water partition coefficient (Wildman–Crippen LogP) is 9.01. The van der Waals surface area contributed by atoms with Crippen molar-refractivity contribution < 1.29 is 0 Å². The van der Waals surface area contributed by atoms with Gasteiger partial charge in [-0.2, -0.15) is 5.10 Å². The zero-order valence-electron chi connectivity index (χ0n) is 25.8. The molecule has 0 unspecified atom stereocenters. The molecular weight excluding hydrogens is 591 g/mol. The van der Waals surface area contributed by atoms with Gasteiger partial charge in [-0.1, -0.05) is 133 Å². The molecule has 2 aromatic heterocycles. The van der Waals surface area contributed by atoms with Gasteiger partial charge in [-0.15, -0.1) is 0 Å². The van der Waals surface area contributed by atoms with E-state index in [1.165, 1.54) is 0 Å². The number of fused-ring (bicyclic) bond motifs is 1. The summed E-state index contributed by atoms with van der Waals surface area (Å²) < 4.78 is 0. The van der Waals surface area contributed by atoms with E-state index >= 15 is 0 Å². The second kappa shape index (κ2) is 12.9. The molecule has 8 rings (SSSR count). The molecule has 7 heteroatoms. The highest BCUT2D eigenvalue weighted by molar-refractivity contribution is 5.79. The highest BCUT2D eigenvalue weighted by Gasteiger charge is 2.13. The maximum Gasteiger partial charge on any atom is 0.164 e. The lowest BCUT2D eigenvalue weighted by atomic mass is 10.0. The molecule has 0 aliphatic rings. The highest BCUT2D eigenvalue weighted by atomic mass is 15.3. The van der Waals surface area contributed by atoms with E-state index in [0.717, 1.165) is 55.8 Å². The van der Waals surface area contributed by atoms with Crippen LogP contribution in [0.3, 0.4) is 0 Å².